The fraction of sp³-hybridized carbons (Fsp3) is 0.611. The number of rotatable bonds is 11. The van der Waals surface area contributed by atoms with Crippen LogP contribution in [0.2, 0.25) is 0 Å². The van der Waals surface area contributed by atoms with E-state index in [0.717, 1.165) is 12.8 Å². The Balaban J connectivity index is 2.11. The van der Waals surface area contributed by atoms with Crippen LogP contribution < -0.4 is 0 Å². The third-order valence-corrected chi connectivity index (χ3v) is 3.79. The van der Waals surface area contributed by atoms with Gasteiger partial charge in [-0.15, -0.1) is 0 Å². The van der Waals surface area contributed by atoms with E-state index < -0.39 is 0 Å². The summed E-state index contributed by atoms with van der Waals surface area (Å²) in [6.07, 6.45) is 11.4. The maximum atomic E-state index is 11.9. The minimum Gasteiger partial charge on any atom is -0.508 e. The van der Waals surface area contributed by atoms with Crippen LogP contribution in [-0.4, -0.2) is 16.0 Å². The van der Waals surface area contributed by atoms with Crippen LogP contribution in [0.5, 0.6) is 11.5 Å². The molecule has 1 aromatic rings. The van der Waals surface area contributed by atoms with Crippen molar-refractivity contribution in [2.24, 2.45) is 0 Å². The normalized spacial score (nSPS) is 10.7. The summed E-state index contributed by atoms with van der Waals surface area (Å²) in [7, 11) is 0. The van der Waals surface area contributed by atoms with Gasteiger partial charge in [0.1, 0.15) is 11.5 Å². The van der Waals surface area contributed by atoms with Gasteiger partial charge in [-0.05, 0) is 18.6 Å². The van der Waals surface area contributed by atoms with Crippen molar-refractivity contribution >= 4 is 5.78 Å². The molecule has 1 rings (SSSR count). The van der Waals surface area contributed by atoms with E-state index >= 15 is 0 Å². The summed E-state index contributed by atoms with van der Waals surface area (Å²) in [4.78, 5) is 11.9. The average molecular weight is 292 g/mol. The molecule has 2 N–H and O–H groups in total. The van der Waals surface area contributed by atoms with Gasteiger partial charge in [-0.25, -0.2) is 0 Å². The van der Waals surface area contributed by atoms with E-state index in [2.05, 4.69) is 6.92 Å². The van der Waals surface area contributed by atoms with E-state index in [1.54, 1.807) is 0 Å². The van der Waals surface area contributed by atoms with Crippen molar-refractivity contribution in [2.75, 3.05) is 0 Å². The monoisotopic (exact) mass is 292 g/mol. The zero-order valence-corrected chi connectivity index (χ0v) is 13.1. The molecule has 0 aliphatic rings. The SMILES string of the molecule is CCCCCCCCCCCC(=O)c1ccc(O)cc1O. The Morgan fingerprint density at radius 2 is 1.48 bits per heavy atom. The van der Waals surface area contributed by atoms with Crippen LogP contribution in [0.15, 0.2) is 18.2 Å². The maximum absolute atomic E-state index is 11.9. The molecule has 3 heteroatoms. The molecular weight excluding hydrogens is 264 g/mol. The Hall–Kier alpha value is -1.51. The number of carbonyl (C=O) groups excluding carboxylic acids is 1. The fourth-order valence-electron chi connectivity index (χ4n) is 2.49. The number of hydrogen-bond acceptors (Lipinski definition) is 3. The van der Waals surface area contributed by atoms with Gasteiger partial charge in [-0.3, -0.25) is 4.79 Å². The third kappa shape index (κ3) is 7.16. The van der Waals surface area contributed by atoms with Gasteiger partial charge in [-0.1, -0.05) is 58.3 Å². The van der Waals surface area contributed by atoms with Gasteiger partial charge in [0.05, 0.1) is 5.56 Å². The first-order chi connectivity index (χ1) is 10.1. The van der Waals surface area contributed by atoms with E-state index in [1.165, 1.54) is 63.1 Å². The van der Waals surface area contributed by atoms with Crippen molar-refractivity contribution in [2.45, 2.75) is 71.1 Å². The second-order valence-electron chi connectivity index (χ2n) is 5.70. The number of carbonyl (C=O) groups is 1. The maximum Gasteiger partial charge on any atom is 0.166 e. The van der Waals surface area contributed by atoms with Gasteiger partial charge in [0.25, 0.3) is 0 Å². The highest BCUT2D eigenvalue weighted by Crippen LogP contribution is 2.24. The summed E-state index contributed by atoms with van der Waals surface area (Å²) in [5.41, 5.74) is 0.312. The summed E-state index contributed by atoms with van der Waals surface area (Å²) in [5, 5.41) is 18.8. The van der Waals surface area contributed by atoms with Crippen molar-refractivity contribution < 1.29 is 15.0 Å². The highest BCUT2D eigenvalue weighted by atomic mass is 16.3. The zero-order valence-electron chi connectivity index (χ0n) is 13.1. The van der Waals surface area contributed by atoms with E-state index in [1.807, 2.05) is 0 Å². The van der Waals surface area contributed by atoms with E-state index in [9.17, 15) is 15.0 Å². The van der Waals surface area contributed by atoms with E-state index in [4.69, 9.17) is 0 Å². The summed E-state index contributed by atoms with van der Waals surface area (Å²) in [5.74, 6) is -0.196. The molecule has 1 aromatic carbocycles. The average Bonchev–Trinajstić information content (AvgIpc) is 2.45. The number of benzene rings is 1. The largest absolute Gasteiger partial charge is 0.508 e. The molecule has 118 valence electrons. The highest BCUT2D eigenvalue weighted by Gasteiger charge is 2.11. The molecule has 0 spiro atoms. The second kappa shape index (κ2) is 10.3. The first-order valence-electron chi connectivity index (χ1n) is 8.20. The van der Waals surface area contributed by atoms with Crippen LogP contribution in [0.3, 0.4) is 0 Å². The predicted molar refractivity (Wildman–Crippen MR) is 85.9 cm³/mol. The van der Waals surface area contributed by atoms with E-state index in [0.29, 0.717) is 12.0 Å². The van der Waals surface area contributed by atoms with Gasteiger partial charge in [0, 0.05) is 12.5 Å². The van der Waals surface area contributed by atoms with Crippen molar-refractivity contribution in [3.63, 3.8) is 0 Å². The predicted octanol–water partition coefficient (Wildman–Crippen LogP) is 5.20. The molecule has 3 nitrogen and oxygen atoms in total. The minimum atomic E-state index is -0.129. The number of Topliss-reactive ketones (excluding diaryl/α,β-unsaturated/α-hetero) is 1. The lowest BCUT2D eigenvalue weighted by atomic mass is 10.0. The summed E-state index contributed by atoms with van der Waals surface area (Å²) in [6, 6.07) is 4.13. The molecule has 0 aliphatic heterocycles. The Labute approximate surface area is 128 Å². The molecule has 0 amide bonds. The zero-order chi connectivity index (χ0) is 15.5. The minimum absolute atomic E-state index is 0.0212. The molecular formula is C18H28O3. The van der Waals surface area contributed by atoms with Crippen molar-refractivity contribution in [1.82, 2.24) is 0 Å². The van der Waals surface area contributed by atoms with Crippen molar-refractivity contribution in [1.29, 1.82) is 0 Å². The lowest BCUT2D eigenvalue weighted by Gasteiger charge is -2.05. The Bertz CT molecular complexity index is 426. The molecule has 0 saturated heterocycles. The van der Waals surface area contributed by atoms with Gasteiger partial charge in [-0.2, -0.15) is 0 Å². The van der Waals surface area contributed by atoms with Gasteiger partial charge in [0.15, 0.2) is 5.78 Å². The number of phenols is 2. The standard InChI is InChI=1S/C18H28O3/c1-2-3-4-5-6-7-8-9-10-11-17(20)16-13-12-15(19)14-18(16)21/h12-14,19,21H,2-11H2,1H3. The molecule has 21 heavy (non-hydrogen) atoms. The summed E-state index contributed by atoms with van der Waals surface area (Å²) < 4.78 is 0. The Morgan fingerprint density at radius 3 is 2.05 bits per heavy atom. The van der Waals surface area contributed by atoms with Crippen LogP contribution in [-0.2, 0) is 0 Å². The summed E-state index contributed by atoms with van der Waals surface area (Å²) >= 11 is 0. The number of hydrogen-bond donors (Lipinski definition) is 2. The first kappa shape index (κ1) is 17.5. The molecule has 0 heterocycles. The smallest absolute Gasteiger partial charge is 0.166 e. The molecule has 0 unspecified atom stereocenters. The second-order valence-corrected chi connectivity index (χ2v) is 5.70. The van der Waals surface area contributed by atoms with Crippen LogP contribution in [0.25, 0.3) is 0 Å². The third-order valence-electron chi connectivity index (χ3n) is 3.79. The number of unbranched alkanes of at least 4 members (excludes halogenated alkanes) is 8. The number of phenolic OH excluding ortho intramolecular Hbond substituents is 2. The molecule has 0 aliphatic carbocycles. The lowest BCUT2D eigenvalue weighted by Crippen LogP contribution is -1.99. The van der Waals surface area contributed by atoms with Gasteiger partial charge < -0.3 is 10.2 Å². The first-order valence-corrected chi connectivity index (χ1v) is 8.20. The van der Waals surface area contributed by atoms with Crippen molar-refractivity contribution in [3.05, 3.63) is 23.8 Å². The number of aromatic hydroxyl groups is 2. The summed E-state index contributed by atoms with van der Waals surface area (Å²) in [6.45, 7) is 2.23. The number of ketones is 1. The van der Waals surface area contributed by atoms with Crippen LogP contribution >= 0.6 is 0 Å². The van der Waals surface area contributed by atoms with Gasteiger partial charge in [0.2, 0.25) is 0 Å². The lowest BCUT2D eigenvalue weighted by molar-refractivity contribution is 0.0976. The molecule has 0 bridgehead atoms. The van der Waals surface area contributed by atoms with E-state index in [-0.39, 0.29) is 17.3 Å². The Morgan fingerprint density at radius 1 is 0.905 bits per heavy atom. The topological polar surface area (TPSA) is 57.5 Å². The molecule has 0 saturated carbocycles. The molecule has 0 radical (unpaired) electrons. The van der Waals surface area contributed by atoms with Crippen molar-refractivity contribution in [3.8, 4) is 11.5 Å². The quantitative estimate of drug-likeness (QED) is 0.435. The van der Waals surface area contributed by atoms with Crippen LogP contribution in [0, 0.1) is 0 Å². The molecule has 0 fully saturated rings. The van der Waals surface area contributed by atoms with Crippen LogP contribution in [0.1, 0.15) is 81.5 Å². The van der Waals surface area contributed by atoms with Gasteiger partial charge >= 0.3 is 0 Å². The fourth-order valence-corrected chi connectivity index (χ4v) is 2.49. The highest BCUT2D eigenvalue weighted by molar-refractivity contribution is 5.98. The van der Waals surface area contributed by atoms with Crippen LogP contribution in [0.4, 0.5) is 0 Å². The molecule has 0 aromatic heterocycles. The Kier molecular flexibility index (Phi) is 8.56. The molecule has 0 atom stereocenters.